The van der Waals surface area contributed by atoms with Gasteiger partial charge in [-0.3, -0.25) is 14.4 Å². The molecule has 202 valence electrons. The Labute approximate surface area is 230 Å². The molecule has 3 aromatic rings. The van der Waals surface area contributed by atoms with Gasteiger partial charge in [-0.1, -0.05) is 48.5 Å². The Kier molecular flexibility index (Phi) is 10.6. The Morgan fingerprint density at radius 1 is 0.789 bits per heavy atom. The van der Waals surface area contributed by atoms with E-state index in [0.29, 0.717) is 0 Å². The van der Waals surface area contributed by atoms with Crippen LogP contribution in [0.25, 0.3) is 10.9 Å². The van der Waals surface area contributed by atoms with Crippen LogP contribution >= 0.6 is 25.3 Å². The minimum absolute atomic E-state index is 0.0347. The molecule has 3 amide bonds. The fourth-order valence-corrected chi connectivity index (χ4v) is 4.41. The highest BCUT2D eigenvalue weighted by Crippen LogP contribution is 2.19. The normalized spacial score (nSPS) is 14.2. The molecule has 10 nitrogen and oxygen atoms in total. The number of thiol groups is 2. The molecule has 0 bridgehead atoms. The summed E-state index contributed by atoms with van der Waals surface area (Å²) in [7, 11) is 0. The molecule has 0 aliphatic heterocycles. The third-order valence-corrected chi connectivity index (χ3v) is 6.71. The molecule has 0 saturated heterocycles. The van der Waals surface area contributed by atoms with Crippen molar-refractivity contribution < 1.29 is 24.3 Å². The van der Waals surface area contributed by atoms with Crippen molar-refractivity contribution in [2.24, 2.45) is 5.73 Å². The smallest absolute Gasteiger partial charge is 0.326 e. The average molecular weight is 558 g/mol. The number of carboxylic acid groups (broad SMARTS) is 1. The number of carboxylic acids is 1. The molecule has 7 N–H and O–H groups in total. The second kappa shape index (κ2) is 13.9. The molecule has 0 saturated carbocycles. The van der Waals surface area contributed by atoms with Gasteiger partial charge >= 0.3 is 5.97 Å². The van der Waals surface area contributed by atoms with Crippen LogP contribution in [-0.2, 0) is 32.0 Å². The predicted octanol–water partition coefficient (Wildman–Crippen LogP) is 0.679. The maximum absolute atomic E-state index is 12.9. The molecule has 1 heterocycles. The molecule has 0 fully saturated rings. The van der Waals surface area contributed by atoms with Crippen LogP contribution < -0.4 is 21.7 Å². The lowest BCUT2D eigenvalue weighted by Crippen LogP contribution is -2.58. The molecule has 1 aromatic heterocycles. The number of hydrogen-bond donors (Lipinski definition) is 8. The summed E-state index contributed by atoms with van der Waals surface area (Å²) >= 11 is 8.29. The molecule has 38 heavy (non-hydrogen) atoms. The summed E-state index contributed by atoms with van der Waals surface area (Å²) < 4.78 is 0. The first-order valence-electron chi connectivity index (χ1n) is 11.9. The highest BCUT2D eigenvalue weighted by atomic mass is 32.1. The second-order valence-electron chi connectivity index (χ2n) is 8.75. The van der Waals surface area contributed by atoms with E-state index in [2.05, 4.69) is 46.2 Å². The van der Waals surface area contributed by atoms with Gasteiger partial charge < -0.3 is 31.8 Å². The summed E-state index contributed by atoms with van der Waals surface area (Å²) in [5.74, 6) is -3.30. The van der Waals surface area contributed by atoms with Crippen LogP contribution in [0.15, 0.2) is 60.8 Å². The van der Waals surface area contributed by atoms with Crippen LogP contribution in [-0.4, -0.2) is 69.5 Å². The van der Waals surface area contributed by atoms with E-state index in [1.54, 1.807) is 6.20 Å². The van der Waals surface area contributed by atoms with E-state index < -0.39 is 47.9 Å². The van der Waals surface area contributed by atoms with Gasteiger partial charge in [-0.25, -0.2) is 4.79 Å². The number of aliphatic carboxylic acids is 1. The van der Waals surface area contributed by atoms with Crippen LogP contribution in [0, 0.1) is 0 Å². The first kappa shape index (κ1) is 29.1. The number of nitrogens with two attached hydrogens (primary N) is 1. The van der Waals surface area contributed by atoms with E-state index in [-0.39, 0.29) is 24.3 Å². The Morgan fingerprint density at radius 2 is 1.34 bits per heavy atom. The SMILES string of the molecule is NC(Cc1ccccc1)C(=O)NC(CS)C(=O)NC(CS)C(=O)NC(Cc1c[nH]c2ccccc12)C(=O)O. The summed E-state index contributed by atoms with van der Waals surface area (Å²) in [5.41, 5.74) is 8.44. The lowest BCUT2D eigenvalue weighted by molar-refractivity contribution is -0.142. The minimum Gasteiger partial charge on any atom is -0.480 e. The number of aromatic amines is 1. The number of benzene rings is 2. The Balaban J connectivity index is 1.59. The molecule has 0 radical (unpaired) electrons. The molecular weight excluding hydrogens is 526 g/mol. The van der Waals surface area contributed by atoms with Gasteiger partial charge in [-0.05, 0) is 23.6 Å². The zero-order chi connectivity index (χ0) is 27.7. The predicted molar refractivity (Wildman–Crippen MR) is 151 cm³/mol. The van der Waals surface area contributed by atoms with Crippen molar-refractivity contribution in [3.05, 3.63) is 71.9 Å². The summed E-state index contributed by atoms with van der Waals surface area (Å²) in [5, 5.41) is 18.1. The van der Waals surface area contributed by atoms with E-state index in [1.165, 1.54) is 0 Å². The number of carbonyl (C=O) groups is 4. The van der Waals surface area contributed by atoms with Crippen molar-refractivity contribution in [2.75, 3.05) is 11.5 Å². The van der Waals surface area contributed by atoms with Crippen molar-refractivity contribution in [1.82, 2.24) is 20.9 Å². The molecule has 4 unspecified atom stereocenters. The Bertz CT molecular complexity index is 1270. The summed E-state index contributed by atoms with van der Waals surface area (Å²) in [6.07, 6.45) is 2.02. The zero-order valence-electron chi connectivity index (χ0n) is 20.5. The van der Waals surface area contributed by atoms with Crippen molar-refractivity contribution in [1.29, 1.82) is 0 Å². The Morgan fingerprint density at radius 3 is 1.95 bits per heavy atom. The van der Waals surface area contributed by atoms with Crippen LogP contribution in [0.4, 0.5) is 0 Å². The molecular formula is C26H31N5O5S2. The number of amides is 3. The van der Waals surface area contributed by atoms with Gasteiger partial charge in [-0.2, -0.15) is 25.3 Å². The maximum atomic E-state index is 12.9. The number of fused-ring (bicyclic) bond motifs is 1. The second-order valence-corrected chi connectivity index (χ2v) is 9.48. The Hall–Kier alpha value is -3.48. The van der Waals surface area contributed by atoms with Gasteiger partial charge in [0.2, 0.25) is 17.7 Å². The average Bonchev–Trinajstić information content (AvgIpc) is 3.32. The lowest BCUT2D eigenvalue weighted by Gasteiger charge is -2.23. The van der Waals surface area contributed by atoms with Gasteiger partial charge in [0, 0.05) is 35.0 Å². The molecule has 0 spiro atoms. The lowest BCUT2D eigenvalue weighted by atomic mass is 10.0. The van der Waals surface area contributed by atoms with Gasteiger partial charge in [0.1, 0.15) is 18.1 Å². The van der Waals surface area contributed by atoms with Crippen molar-refractivity contribution in [3.8, 4) is 0 Å². The van der Waals surface area contributed by atoms with E-state index in [9.17, 15) is 24.3 Å². The maximum Gasteiger partial charge on any atom is 0.326 e. The van der Waals surface area contributed by atoms with Crippen LogP contribution in [0.2, 0.25) is 0 Å². The monoisotopic (exact) mass is 557 g/mol. The third-order valence-electron chi connectivity index (χ3n) is 5.98. The standard InChI is InChI=1S/C26H31N5O5S2/c27-18(10-15-6-2-1-3-7-15)23(32)30-21(13-37)25(34)31-22(14-38)24(33)29-20(26(35)36)11-16-12-28-19-9-5-4-8-17(16)19/h1-9,12,18,20-22,28,37-38H,10-11,13-14,27H2,(H,29,33)(H,30,32)(H,31,34)(H,35,36). The zero-order valence-corrected chi connectivity index (χ0v) is 22.3. The van der Waals surface area contributed by atoms with Crippen molar-refractivity contribution >= 4 is 59.9 Å². The van der Waals surface area contributed by atoms with E-state index >= 15 is 0 Å². The molecule has 12 heteroatoms. The summed E-state index contributed by atoms with van der Waals surface area (Å²) in [6, 6.07) is 12.3. The molecule has 4 atom stereocenters. The minimum atomic E-state index is -1.24. The number of rotatable bonds is 13. The first-order valence-corrected chi connectivity index (χ1v) is 13.2. The highest BCUT2D eigenvalue weighted by molar-refractivity contribution is 7.80. The van der Waals surface area contributed by atoms with Crippen LogP contribution in [0.5, 0.6) is 0 Å². The molecule has 2 aromatic carbocycles. The molecule has 0 aliphatic carbocycles. The largest absolute Gasteiger partial charge is 0.480 e. The molecule has 0 aliphatic rings. The fourth-order valence-electron chi connectivity index (χ4n) is 3.89. The van der Waals surface area contributed by atoms with Gasteiger partial charge in [0.25, 0.3) is 0 Å². The summed E-state index contributed by atoms with van der Waals surface area (Å²) in [6.45, 7) is 0. The quantitative estimate of drug-likeness (QED) is 0.144. The van der Waals surface area contributed by atoms with E-state index in [0.717, 1.165) is 22.0 Å². The number of H-pyrrole nitrogens is 1. The van der Waals surface area contributed by atoms with Crippen LogP contribution in [0.3, 0.4) is 0 Å². The first-order chi connectivity index (χ1) is 18.2. The van der Waals surface area contributed by atoms with Gasteiger partial charge in [0.15, 0.2) is 0 Å². The summed E-state index contributed by atoms with van der Waals surface area (Å²) in [4.78, 5) is 53.3. The topological polar surface area (TPSA) is 166 Å². The number of nitrogens with one attached hydrogen (secondary N) is 4. The number of carbonyl (C=O) groups excluding carboxylic acids is 3. The fraction of sp³-hybridized carbons (Fsp3) is 0.308. The van der Waals surface area contributed by atoms with Crippen LogP contribution in [0.1, 0.15) is 11.1 Å². The number of hydrogen-bond acceptors (Lipinski definition) is 7. The third kappa shape index (κ3) is 7.76. The van der Waals surface area contributed by atoms with E-state index in [1.807, 2.05) is 54.6 Å². The number of para-hydroxylation sites is 1. The van der Waals surface area contributed by atoms with E-state index in [4.69, 9.17) is 5.73 Å². The van der Waals surface area contributed by atoms with Gasteiger partial charge in [0.05, 0.1) is 6.04 Å². The van der Waals surface area contributed by atoms with Gasteiger partial charge in [-0.15, -0.1) is 0 Å². The number of aromatic nitrogens is 1. The van der Waals surface area contributed by atoms with Crippen molar-refractivity contribution in [2.45, 2.75) is 37.0 Å². The molecule has 3 rings (SSSR count). The van der Waals surface area contributed by atoms with Crippen molar-refractivity contribution in [3.63, 3.8) is 0 Å². The highest BCUT2D eigenvalue weighted by Gasteiger charge is 2.29.